The number of aryl methyl sites for hydroxylation is 1. The summed E-state index contributed by atoms with van der Waals surface area (Å²) in [7, 11) is 1.63. The first-order chi connectivity index (χ1) is 12.1. The van der Waals surface area contributed by atoms with Gasteiger partial charge in [-0.1, -0.05) is 0 Å². The average Bonchev–Trinajstić information content (AvgIpc) is 3.00. The van der Waals surface area contributed by atoms with Crippen molar-refractivity contribution in [3.8, 4) is 17.0 Å². The maximum Gasteiger partial charge on any atom is 0.335 e. The Morgan fingerprint density at radius 2 is 1.84 bits per heavy atom. The molecule has 5 nitrogen and oxygen atoms in total. The molecule has 0 fully saturated rings. The van der Waals surface area contributed by atoms with Crippen LogP contribution in [0.2, 0.25) is 0 Å². The maximum atomic E-state index is 11.3. The van der Waals surface area contributed by atoms with E-state index in [0.717, 1.165) is 44.5 Å². The van der Waals surface area contributed by atoms with Gasteiger partial charge in [0, 0.05) is 21.9 Å². The minimum absolute atomic E-state index is 0.272. The Balaban J connectivity index is 1.96. The van der Waals surface area contributed by atoms with Crippen molar-refractivity contribution < 1.29 is 14.6 Å². The molecule has 2 aromatic heterocycles. The van der Waals surface area contributed by atoms with Crippen molar-refractivity contribution in [1.82, 2.24) is 9.97 Å². The predicted octanol–water partition coefficient (Wildman–Crippen LogP) is 4.40. The number of fused-ring (bicyclic) bond motifs is 3. The number of ether oxygens (including phenoxy) is 1. The molecule has 4 aromatic rings. The third-order valence-electron chi connectivity index (χ3n) is 4.40. The smallest absolute Gasteiger partial charge is 0.335 e. The van der Waals surface area contributed by atoms with E-state index < -0.39 is 5.97 Å². The monoisotopic (exact) mass is 332 g/mol. The van der Waals surface area contributed by atoms with Crippen LogP contribution in [0.3, 0.4) is 0 Å². The van der Waals surface area contributed by atoms with Crippen LogP contribution in [0.5, 0.6) is 5.75 Å². The summed E-state index contributed by atoms with van der Waals surface area (Å²) in [6.07, 6.45) is 0. The fourth-order valence-corrected chi connectivity index (χ4v) is 3.10. The summed E-state index contributed by atoms with van der Waals surface area (Å²) in [5, 5.41) is 11.1. The number of methoxy groups -OCH3 is 1. The molecule has 0 saturated carbocycles. The topological polar surface area (TPSA) is 75.2 Å². The van der Waals surface area contributed by atoms with Crippen LogP contribution in [-0.2, 0) is 0 Å². The molecule has 2 N–H and O–H groups in total. The highest BCUT2D eigenvalue weighted by atomic mass is 16.5. The molecule has 0 spiro atoms. The zero-order valence-corrected chi connectivity index (χ0v) is 13.8. The second kappa shape index (κ2) is 5.63. The number of rotatable bonds is 3. The van der Waals surface area contributed by atoms with Crippen molar-refractivity contribution in [2.75, 3.05) is 7.11 Å². The lowest BCUT2D eigenvalue weighted by atomic mass is 10.1. The lowest BCUT2D eigenvalue weighted by Gasteiger charge is -2.05. The predicted molar refractivity (Wildman–Crippen MR) is 97.3 cm³/mol. The number of aromatic nitrogens is 2. The number of aromatic amines is 1. The van der Waals surface area contributed by atoms with Crippen LogP contribution in [0, 0.1) is 6.92 Å². The molecule has 0 aliphatic heterocycles. The van der Waals surface area contributed by atoms with E-state index in [9.17, 15) is 9.90 Å². The largest absolute Gasteiger partial charge is 0.497 e. The zero-order valence-electron chi connectivity index (χ0n) is 13.8. The van der Waals surface area contributed by atoms with Gasteiger partial charge in [0.05, 0.1) is 29.6 Å². The maximum absolute atomic E-state index is 11.3. The summed E-state index contributed by atoms with van der Waals surface area (Å²) in [6.45, 7) is 1.95. The summed E-state index contributed by atoms with van der Waals surface area (Å²) in [6, 6.07) is 14.8. The van der Waals surface area contributed by atoms with Gasteiger partial charge < -0.3 is 14.8 Å². The van der Waals surface area contributed by atoms with Crippen molar-refractivity contribution in [3.63, 3.8) is 0 Å². The molecule has 0 atom stereocenters. The summed E-state index contributed by atoms with van der Waals surface area (Å²) < 4.78 is 5.20. The SMILES string of the molecule is COc1ccc(-c2cc3c([nH]c4ccc(C(=O)O)cc43)c(C)n2)cc1. The number of H-pyrrole nitrogens is 1. The van der Waals surface area contributed by atoms with E-state index in [1.54, 1.807) is 25.3 Å². The molecule has 0 unspecified atom stereocenters. The molecular formula is C20H16N2O3. The average molecular weight is 332 g/mol. The lowest BCUT2D eigenvalue weighted by Crippen LogP contribution is -1.94. The number of carboxylic acid groups (broad SMARTS) is 1. The number of nitrogens with zero attached hydrogens (tertiary/aromatic N) is 1. The van der Waals surface area contributed by atoms with Crippen molar-refractivity contribution >= 4 is 27.8 Å². The third-order valence-corrected chi connectivity index (χ3v) is 4.40. The van der Waals surface area contributed by atoms with E-state index in [0.29, 0.717) is 0 Å². The molecule has 0 radical (unpaired) electrons. The summed E-state index contributed by atoms with van der Waals surface area (Å²) >= 11 is 0. The summed E-state index contributed by atoms with van der Waals surface area (Å²) in [5.74, 6) is -0.142. The highest BCUT2D eigenvalue weighted by Gasteiger charge is 2.13. The summed E-state index contributed by atoms with van der Waals surface area (Å²) in [4.78, 5) is 19.3. The minimum Gasteiger partial charge on any atom is -0.497 e. The Hall–Kier alpha value is -3.34. The van der Waals surface area contributed by atoms with Gasteiger partial charge in [-0.25, -0.2) is 4.79 Å². The van der Waals surface area contributed by atoms with Crippen LogP contribution in [0.4, 0.5) is 0 Å². The van der Waals surface area contributed by atoms with Gasteiger partial charge in [-0.15, -0.1) is 0 Å². The molecule has 124 valence electrons. The van der Waals surface area contributed by atoms with E-state index in [-0.39, 0.29) is 5.56 Å². The standard InChI is InChI=1S/C20H16N2O3/c1-11-19-16(15-9-13(20(23)24)5-8-17(15)22-19)10-18(21-11)12-3-6-14(25-2)7-4-12/h3-10,22H,1-2H3,(H,23,24). The Labute approximate surface area is 143 Å². The Bertz CT molecular complexity index is 1110. The molecule has 0 amide bonds. The van der Waals surface area contributed by atoms with E-state index in [1.165, 1.54) is 0 Å². The van der Waals surface area contributed by atoms with Gasteiger partial charge in [0.1, 0.15) is 5.75 Å². The molecule has 0 aliphatic rings. The number of carboxylic acids is 1. The molecule has 5 heteroatoms. The van der Waals surface area contributed by atoms with Gasteiger partial charge in [0.2, 0.25) is 0 Å². The molecular weight excluding hydrogens is 316 g/mol. The lowest BCUT2D eigenvalue weighted by molar-refractivity contribution is 0.0697. The number of carbonyl (C=O) groups is 1. The van der Waals surface area contributed by atoms with Crippen LogP contribution in [0.25, 0.3) is 33.1 Å². The Morgan fingerprint density at radius 3 is 2.52 bits per heavy atom. The van der Waals surface area contributed by atoms with Crippen LogP contribution in [-0.4, -0.2) is 28.2 Å². The van der Waals surface area contributed by atoms with E-state index in [1.807, 2.05) is 37.3 Å². The van der Waals surface area contributed by atoms with Gasteiger partial charge in [0.15, 0.2) is 0 Å². The van der Waals surface area contributed by atoms with E-state index in [4.69, 9.17) is 9.72 Å². The highest BCUT2D eigenvalue weighted by molar-refractivity contribution is 6.10. The molecule has 2 aromatic carbocycles. The first-order valence-corrected chi connectivity index (χ1v) is 7.87. The molecule has 25 heavy (non-hydrogen) atoms. The van der Waals surface area contributed by atoms with Crippen LogP contribution >= 0.6 is 0 Å². The van der Waals surface area contributed by atoms with Crippen molar-refractivity contribution in [2.24, 2.45) is 0 Å². The second-order valence-corrected chi connectivity index (χ2v) is 5.93. The van der Waals surface area contributed by atoms with Crippen LogP contribution < -0.4 is 4.74 Å². The minimum atomic E-state index is -0.933. The third kappa shape index (κ3) is 2.50. The van der Waals surface area contributed by atoms with E-state index in [2.05, 4.69) is 4.98 Å². The first kappa shape index (κ1) is 15.2. The number of hydrogen-bond donors (Lipinski definition) is 2. The van der Waals surface area contributed by atoms with E-state index >= 15 is 0 Å². The fraction of sp³-hybridized carbons (Fsp3) is 0.100. The quantitative estimate of drug-likeness (QED) is 0.583. The van der Waals surface area contributed by atoms with Gasteiger partial charge >= 0.3 is 5.97 Å². The number of benzene rings is 2. The number of nitrogens with one attached hydrogen (secondary N) is 1. The summed E-state index contributed by atoms with van der Waals surface area (Å²) in [5.41, 5.74) is 4.79. The number of pyridine rings is 1. The Morgan fingerprint density at radius 1 is 1.08 bits per heavy atom. The zero-order chi connectivity index (χ0) is 17.6. The van der Waals surface area contributed by atoms with Crippen molar-refractivity contribution in [3.05, 3.63) is 59.8 Å². The van der Waals surface area contributed by atoms with Crippen molar-refractivity contribution in [1.29, 1.82) is 0 Å². The molecule has 2 heterocycles. The number of hydrogen-bond acceptors (Lipinski definition) is 3. The van der Waals surface area contributed by atoms with Gasteiger partial charge in [-0.05, 0) is 55.5 Å². The highest BCUT2D eigenvalue weighted by Crippen LogP contribution is 2.31. The van der Waals surface area contributed by atoms with Crippen LogP contribution in [0.1, 0.15) is 16.1 Å². The Kier molecular flexibility index (Phi) is 3.42. The van der Waals surface area contributed by atoms with Crippen molar-refractivity contribution in [2.45, 2.75) is 6.92 Å². The normalized spacial score (nSPS) is 11.1. The number of aromatic carboxylic acids is 1. The first-order valence-electron chi connectivity index (χ1n) is 7.87. The van der Waals surface area contributed by atoms with Gasteiger partial charge in [-0.2, -0.15) is 0 Å². The molecule has 0 saturated heterocycles. The fourth-order valence-electron chi connectivity index (χ4n) is 3.10. The molecule has 0 bridgehead atoms. The molecule has 4 rings (SSSR count). The van der Waals surface area contributed by atoms with Gasteiger partial charge in [0.25, 0.3) is 0 Å². The second-order valence-electron chi connectivity index (χ2n) is 5.93. The molecule has 0 aliphatic carbocycles. The van der Waals surface area contributed by atoms with Gasteiger partial charge in [-0.3, -0.25) is 4.98 Å². The van der Waals surface area contributed by atoms with Crippen LogP contribution in [0.15, 0.2) is 48.5 Å².